The van der Waals surface area contributed by atoms with E-state index in [0.717, 1.165) is 18.3 Å². The van der Waals surface area contributed by atoms with Gasteiger partial charge in [-0.05, 0) is 49.1 Å². The molecule has 0 saturated heterocycles. The van der Waals surface area contributed by atoms with Gasteiger partial charge in [-0.3, -0.25) is 4.79 Å². The lowest BCUT2D eigenvalue weighted by Crippen LogP contribution is -2.31. The first-order chi connectivity index (χ1) is 8.73. The molecule has 0 aromatic carbocycles. The first kappa shape index (κ1) is 11.5. The number of hydrogen-bond donors (Lipinski definition) is 2. The molecule has 0 bridgehead atoms. The van der Waals surface area contributed by atoms with Crippen molar-refractivity contribution in [3.05, 3.63) is 23.9 Å². The number of amides is 1. The Morgan fingerprint density at radius 2 is 2.22 bits per heavy atom. The zero-order chi connectivity index (χ0) is 12.6. The predicted molar refractivity (Wildman–Crippen MR) is 70.5 cm³/mol. The number of aromatic nitrogens is 1. The summed E-state index contributed by atoms with van der Waals surface area (Å²) in [6.45, 7) is 0.821. The van der Waals surface area contributed by atoms with Crippen LogP contribution in [0.2, 0.25) is 0 Å². The van der Waals surface area contributed by atoms with Crippen molar-refractivity contribution >= 4 is 11.7 Å². The Labute approximate surface area is 107 Å². The third kappa shape index (κ3) is 2.19. The summed E-state index contributed by atoms with van der Waals surface area (Å²) in [4.78, 5) is 16.3. The van der Waals surface area contributed by atoms with E-state index in [1.54, 1.807) is 13.1 Å². The Hall–Kier alpha value is -1.58. The summed E-state index contributed by atoms with van der Waals surface area (Å²) in [5, 5.41) is 5.99. The van der Waals surface area contributed by atoms with Crippen LogP contribution < -0.4 is 10.6 Å². The van der Waals surface area contributed by atoms with Gasteiger partial charge in [-0.1, -0.05) is 6.07 Å². The molecule has 3 rings (SSSR count). The molecule has 0 aliphatic heterocycles. The molecule has 2 aliphatic rings. The van der Waals surface area contributed by atoms with E-state index in [4.69, 9.17) is 0 Å². The van der Waals surface area contributed by atoms with Crippen molar-refractivity contribution < 1.29 is 4.79 Å². The molecule has 4 nitrogen and oxygen atoms in total. The van der Waals surface area contributed by atoms with Crippen LogP contribution in [0.25, 0.3) is 0 Å². The third-order valence-electron chi connectivity index (χ3n) is 4.17. The Morgan fingerprint density at radius 3 is 2.83 bits per heavy atom. The summed E-state index contributed by atoms with van der Waals surface area (Å²) >= 11 is 0. The minimum Gasteiger partial charge on any atom is -0.373 e. The minimum absolute atomic E-state index is 0.0565. The molecule has 2 saturated carbocycles. The van der Waals surface area contributed by atoms with Crippen LogP contribution in [-0.2, 0) is 0 Å². The number of hydrogen-bond acceptors (Lipinski definition) is 3. The van der Waals surface area contributed by atoms with Gasteiger partial charge >= 0.3 is 0 Å². The molecule has 0 atom stereocenters. The fourth-order valence-corrected chi connectivity index (χ4v) is 2.63. The SMILES string of the molecule is CNc1cccc(C(=O)NCC2(C3CC3)CC2)n1. The molecule has 0 unspecified atom stereocenters. The van der Waals surface area contributed by atoms with Crippen LogP contribution in [0.3, 0.4) is 0 Å². The second kappa shape index (κ2) is 4.26. The van der Waals surface area contributed by atoms with Gasteiger partial charge in [-0.15, -0.1) is 0 Å². The highest BCUT2D eigenvalue weighted by atomic mass is 16.1. The monoisotopic (exact) mass is 245 g/mol. The van der Waals surface area contributed by atoms with E-state index in [2.05, 4.69) is 15.6 Å². The second-order valence-electron chi connectivity index (χ2n) is 5.48. The maximum atomic E-state index is 12.0. The lowest BCUT2D eigenvalue weighted by molar-refractivity contribution is 0.0938. The smallest absolute Gasteiger partial charge is 0.269 e. The molecule has 1 aromatic heterocycles. The van der Waals surface area contributed by atoms with Crippen molar-refractivity contribution in [2.24, 2.45) is 11.3 Å². The molecule has 2 N–H and O–H groups in total. The standard InChI is InChI=1S/C14H19N3O/c1-15-12-4-2-3-11(17-12)13(18)16-9-14(7-8-14)10-5-6-10/h2-4,10H,5-9H2,1H3,(H,15,17)(H,16,18). The molecular formula is C14H19N3O. The summed E-state index contributed by atoms with van der Waals surface area (Å²) in [6, 6.07) is 5.46. The lowest BCUT2D eigenvalue weighted by atomic mass is 10.0. The van der Waals surface area contributed by atoms with E-state index < -0.39 is 0 Å². The van der Waals surface area contributed by atoms with Crippen molar-refractivity contribution in [1.82, 2.24) is 10.3 Å². The maximum absolute atomic E-state index is 12.0. The van der Waals surface area contributed by atoms with Crippen LogP contribution in [-0.4, -0.2) is 24.5 Å². The number of anilines is 1. The summed E-state index contributed by atoms with van der Waals surface area (Å²) in [5.41, 5.74) is 0.935. The molecular weight excluding hydrogens is 226 g/mol. The number of nitrogens with one attached hydrogen (secondary N) is 2. The summed E-state index contributed by atoms with van der Waals surface area (Å²) in [6.07, 6.45) is 5.26. The van der Waals surface area contributed by atoms with Crippen LogP contribution in [0.1, 0.15) is 36.2 Å². The van der Waals surface area contributed by atoms with E-state index in [0.29, 0.717) is 11.1 Å². The molecule has 1 amide bonds. The first-order valence-electron chi connectivity index (χ1n) is 6.66. The molecule has 1 heterocycles. The van der Waals surface area contributed by atoms with Gasteiger partial charge in [-0.2, -0.15) is 0 Å². The highest BCUT2D eigenvalue weighted by Gasteiger charge is 2.53. The van der Waals surface area contributed by atoms with E-state index in [-0.39, 0.29) is 5.91 Å². The van der Waals surface area contributed by atoms with Crippen LogP contribution in [0.15, 0.2) is 18.2 Å². The number of carbonyl (C=O) groups excluding carboxylic acids is 1. The number of carbonyl (C=O) groups is 1. The summed E-state index contributed by atoms with van der Waals surface area (Å²) < 4.78 is 0. The normalized spacial score (nSPS) is 20.3. The van der Waals surface area contributed by atoms with E-state index in [1.165, 1.54) is 25.7 Å². The number of rotatable bonds is 5. The van der Waals surface area contributed by atoms with Gasteiger partial charge < -0.3 is 10.6 Å². The highest BCUT2D eigenvalue weighted by Crippen LogP contribution is 2.60. The Bertz CT molecular complexity index is 464. The third-order valence-corrected chi connectivity index (χ3v) is 4.17. The zero-order valence-electron chi connectivity index (χ0n) is 10.7. The van der Waals surface area contributed by atoms with Crippen molar-refractivity contribution in [1.29, 1.82) is 0 Å². The molecule has 2 aliphatic carbocycles. The molecule has 0 radical (unpaired) electrons. The fraction of sp³-hybridized carbons (Fsp3) is 0.571. The van der Waals surface area contributed by atoms with Crippen LogP contribution in [0, 0.1) is 11.3 Å². The van der Waals surface area contributed by atoms with Crippen LogP contribution in [0.4, 0.5) is 5.82 Å². The Morgan fingerprint density at radius 1 is 1.44 bits per heavy atom. The van der Waals surface area contributed by atoms with E-state index >= 15 is 0 Å². The fourth-order valence-electron chi connectivity index (χ4n) is 2.63. The van der Waals surface area contributed by atoms with Crippen LogP contribution >= 0.6 is 0 Å². The van der Waals surface area contributed by atoms with Gasteiger partial charge in [0, 0.05) is 13.6 Å². The van der Waals surface area contributed by atoms with Gasteiger partial charge in [0.05, 0.1) is 0 Å². The number of pyridine rings is 1. The highest BCUT2D eigenvalue weighted by molar-refractivity contribution is 5.92. The lowest BCUT2D eigenvalue weighted by Gasteiger charge is -2.14. The Balaban J connectivity index is 1.60. The van der Waals surface area contributed by atoms with Gasteiger partial charge in [0.1, 0.15) is 11.5 Å². The molecule has 96 valence electrons. The van der Waals surface area contributed by atoms with E-state index in [9.17, 15) is 4.79 Å². The average molecular weight is 245 g/mol. The second-order valence-corrected chi connectivity index (χ2v) is 5.48. The quantitative estimate of drug-likeness (QED) is 0.834. The number of nitrogens with zero attached hydrogens (tertiary/aromatic N) is 1. The van der Waals surface area contributed by atoms with Gasteiger partial charge in [0.2, 0.25) is 0 Å². The predicted octanol–water partition coefficient (Wildman–Crippen LogP) is 2.04. The van der Waals surface area contributed by atoms with Crippen LogP contribution in [0.5, 0.6) is 0 Å². The van der Waals surface area contributed by atoms with Crippen molar-refractivity contribution in [3.63, 3.8) is 0 Å². The largest absolute Gasteiger partial charge is 0.373 e. The molecule has 0 spiro atoms. The minimum atomic E-state index is -0.0565. The molecule has 2 fully saturated rings. The van der Waals surface area contributed by atoms with Gasteiger partial charge in [-0.25, -0.2) is 4.98 Å². The van der Waals surface area contributed by atoms with Crippen molar-refractivity contribution in [2.75, 3.05) is 18.9 Å². The zero-order valence-corrected chi connectivity index (χ0v) is 10.7. The molecule has 1 aromatic rings. The van der Waals surface area contributed by atoms with Crippen molar-refractivity contribution in [3.8, 4) is 0 Å². The topological polar surface area (TPSA) is 54.0 Å². The maximum Gasteiger partial charge on any atom is 0.269 e. The first-order valence-corrected chi connectivity index (χ1v) is 6.66. The average Bonchev–Trinajstić information content (AvgIpc) is 3.28. The molecule has 18 heavy (non-hydrogen) atoms. The van der Waals surface area contributed by atoms with Gasteiger partial charge in [0.25, 0.3) is 5.91 Å². The van der Waals surface area contributed by atoms with E-state index in [1.807, 2.05) is 12.1 Å². The molecule has 4 heteroatoms. The summed E-state index contributed by atoms with van der Waals surface area (Å²) in [7, 11) is 1.80. The van der Waals surface area contributed by atoms with Gasteiger partial charge in [0.15, 0.2) is 0 Å². The van der Waals surface area contributed by atoms with Crippen molar-refractivity contribution in [2.45, 2.75) is 25.7 Å². The summed E-state index contributed by atoms with van der Waals surface area (Å²) in [5.74, 6) is 1.54. The Kier molecular flexibility index (Phi) is 2.73.